The molecule has 7 rings (SSSR count). The minimum absolute atomic E-state index is 0.336. The van der Waals surface area contributed by atoms with Gasteiger partial charge in [-0.2, -0.15) is 0 Å². The second-order valence-electron chi connectivity index (χ2n) is 11.1. The van der Waals surface area contributed by atoms with Crippen molar-refractivity contribution in [3.63, 3.8) is 0 Å². The largest absolute Gasteiger partial charge is 0.507 e. The van der Waals surface area contributed by atoms with Gasteiger partial charge in [-0.3, -0.25) is 0 Å². The Morgan fingerprint density at radius 3 is 1.59 bits per heavy atom. The van der Waals surface area contributed by atoms with Crippen LogP contribution in [0.25, 0.3) is 33.2 Å². The lowest BCUT2D eigenvalue weighted by Crippen LogP contribution is -2.36. The fourth-order valence-electron chi connectivity index (χ4n) is 6.91. The maximum absolute atomic E-state index is 10.7. The lowest BCUT2D eigenvalue weighted by molar-refractivity contribution is 0.466. The van der Waals surface area contributed by atoms with E-state index in [0.717, 1.165) is 33.4 Å². The number of rotatable bonds is 2. The monoisotopic (exact) mass is 506 g/mol. The third-order valence-corrected chi connectivity index (χ3v) is 8.72. The molecule has 5 aromatic carbocycles. The third kappa shape index (κ3) is 3.15. The quantitative estimate of drug-likeness (QED) is 0.252. The lowest BCUT2D eigenvalue weighted by atomic mass is 9.64. The van der Waals surface area contributed by atoms with Gasteiger partial charge in [-0.15, -0.1) is 0 Å². The third-order valence-electron chi connectivity index (χ3n) is 8.72. The highest BCUT2D eigenvalue weighted by Crippen LogP contribution is 2.50. The summed E-state index contributed by atoms with van der Waals surface area (Å²) in [5, 5.41) is 29.0. The molecule has 190 valence electrons. The minimum atomic E-state index is -0.622. The van der Waals surface area contributed by atoms with Gasteiger partial charge in [0.2, 0.25) is 0 Å². The van der Waals surface area contributed by atoms with Crippen molar-refractivity contribution in [2.75, 3.05) is 0 Å². The Hall–Kier alpha value is -4.56. The summed E-state index contributed by atoms with van der Waals surface area (Å²) in [5.74, 6) is 0.671. The molecule has 0 atom stereocenters. The highest BCUT2D eigenvalue weighted by Gasteiger charge is 2.41. The van der Waals surface area contributed by atoms with Crippen LogP contribution < -0.4 is 10.4 Å². The minimum Gasteiger partial charge on any atom is -0.507 e. The van der Waals surface area contributed by atoms with Crippen LogP contribution in [0.5, 0.6) is 11.5 Å². The first-order valence-electron chi connectivity index (χ1n) is 13.5. The molecule has 5 aromatic rings. The molecule has 0 radical (unpaired) electrons. The summed E-state index contributed by atoms with van der Waals surface area (Å²) >= 11 is 0. The molecule has 39 heavy (non-hydrogen) atoms. The number of aryl methyl sites for hydroxylation is 4. The summed E-state index contributed by atoms with van der Waals surface area (Å²) in [6, 6.07) is 25.9. The van der Waals surface area contributed by atoms with Crippen molar-refractivity contribution >= 4 is 33.2 Å². The molecule has 2 aliphatic carbocycles. The molecule has 0 bridgehead atoms. The van der Waals surface area contributed by atoms with Gasteiger partial charge in [0.15, 0.2) is 0 Å². The van der Waals surface area contributed by atoms with Gasteiger partial charge in [-0.1, -0.05) is 91.0 Å². The van der Waals surface area contributed by atoms with Crippen molar-refractivity contribution in [2.45, 2.75) is 33.1 Å². The van der Waals surface area contributed by atoms with Gasteiger partial charge in [0.05, 0.1) is 5.41 Å². The number of hydrogen-bond acceptors (Lipinski definition) is 2. The Labute approximate surface area is 228 Å². The zero-order valence-corrected chi connectivity index (χ0v) is 22.6. The second-order valence-corrected chi connectivity index (χ2v) is 11.1. The SMILES string of the molecule is Cc1cc(C2(c3cc(C)c(O)c(C)c3)C=CC=C3C=c4c(c5ccccc5c5ccccc45)=C32)cc(C)c1O. The first-order valence-corrected chi connectivity index (χ1v) is 13.5. The summed E-state index contributed by atoms with van der Waals surface area (Å²) in [6.45, 7) is 7.88. The summed E-state index contributed by atoms with van der Waals surface area (Å²) in [4.78, 5) is 0. The van der Waals surface area contributed by atoms with Gasteiger partial charge in [0, 0.05) is 0 Å². The van der Waals surface area contributed by atoms with E-state index in [-0.39, 0.29) is 0 Å². The zero-order valence-electron chi connectivity index (χ0n) is 22.6. The van der Waals surface area contributed by atoms with Crippen LogP contribution in [0.2, 0.25) is 0 Å². The van der Waals surface area contributed by atoms with Crippen molar-refractivity contribution in [1.82, 2.24) is 0 Å². The Morgan fingerprint density at radius 2 is 1.05 bits per heavy atom. The molecule has 0 heterocycles. The van der Waals surface area contributed by atoms with Gasteiger partial charge in [0.25, 0.3) is 0 Å². The molecule has 0 aromatic heterocycles. The number of aromatic hydroxyl groups is 2. The fourth-order valence-corrected chi connectivity index (χ4v) is 6.91. The van der Waals surface area contributed by atoms with Crippen molar-refractivity contribution in [3.05, 3.63) is 140 Å². The summed E-state index contributed by atoms with van der Waals surface area (Å²) in [5.41, 5.74) is 7.45. The predicted molar refractivity (Wildman–Crippen MR) is 162 cm³/mol. The highest BCUT2D eigenvalue weighted by molar-refractivity contribution is 6.12. The molecule has 0 saturated carbocycles. The van der Waals surface area contributed by atoms with Crippen LogP contribution >= 0.6 is 0 Å². The molecule has 2 N–H and O–H groups in total. The zero-order chi connectivity index (χ0) is 27.1. The maximum atomic E-state index is 10.7. The van der Waals surface area contributed by atoms with Gasteiger partial charge in [0.1, 0.15) is 11.5 Å². The molecular formula is C37H30O2. The molecule has 0 saturated heterocycles. The van der Waals surface area contributed by atoms with E-state index in [1.54, 1.807) is 0 Å². The van der Waals surface area contributed by atoms with E-state index >= 15 is 0 Å². The van der Waals surface area contributed by atoms with Gasteiger partial charge >= 0.3 is 0 Å². The van der Waals surface area contributed by atoms with Gasteiger partial charge in [-0.05, 0) is 110 Å². The Morgan fingerprint density at radius 1 is 0.590 bits per heavy atom. The van der Waals surface area contributed by atoms with Crippen molar-refractivity contribution in [1.29, 1.82) is 0 Å². The van der Waals surface area contributed by atoms with Crippen LogP contribution in [0, 0.1) is 27.7 Å². The summed E-state index contributed by atoms with van der Waals surface area (Å²) < 4.78 is 0. The van der Waals surface area contributed by atoms with Crippen LogP contribution in [-0.4, -0.2) is 10.2 Å². The van der Waals surface area contributed by atoms with E-state index in [1.807, 2.05) is 27.7 Å². The Bertz CT molecular complexity index is 1970. The van der Waals surface area contributed by atoms with Crippen molar-refractivity contribution in [3.8, 4) is 11.5 Å². The van der Waals surface area contributed by atoms with E-state index in [0.29, 0.717) is 11.5 Å². The van der Waals surface area contributed by atoms with Gasteiger partial charge in [-0.25, -0.2) is 0 Å². The highest BCUT2D eigenvalue weighted by atomic mass is 16.3. The summed E-state index contributed by atoms with van der Waals surface area (Å²) in [7, 11) is 0. The normalized spacial score (nSPS) is 15.3. The molecule has 0 fully saturated rings. The molecule has 2 nitrogen and oxygen atoms in total. The first kappa shape index (κ1) is 23.5. The van der Waals surface area contributed by atoms with Crippen molar-refractivity contribution in [2.24, 2.45) is 0 Å². The van der Waals surface area contributed by atoms with E-state index in [9.17, 15) is 10.2 Å². The molecule has 2 aliphatic rings. The van der Waals surface area contributed by atoms with Crippen LogP contribution in [0.1, 0.15) is 33.4 Å². The second kappa shape index (κ2) is 8.22. The van der Waals surface area contributed by atoms with Crippen LogP contribution in [0.15, 0.2) is 96.6 Å². The predicted octanol–water partition coefficient (Wildman–Crippen LogP) is 7.07. The fraction of sp³-hybridized carbons (Fsp3) is 0.135. The number of phenolic OH excluding ortho intramolecular Hbond substituents is 2. The number of phenols is 2. The van der Waals surface area contributed by atoms with E-state index in [1.165, 1.54) is 43.1 Å². The van der Waals surface area contributed by atoms with Gasteiger partial charge < -0.3 is 10.2 Å². The topological polar surface area (TPSA) is 40.5 Å². The molecule has 0 spiro atoms. The molecule has 0 amide bonds. The average molecular weight is 507 g/mol. The molecule has 0 unspecified atom stereocenters. The van der Waals surface area contributed by atoms with Crippen LogP contribution in [-0.2, 0) is 5.41 Å². The Balaban J connectivity index is 1.76. The smallest absolute Gasteiger partial charge is 0.121 e. The summed E-state index contributed by atoms with van der Waals surface area (Å²) in [6.07, 6.45) is 9.03. The number of hydrogen-bond donors (Lipinski definition) is 2. The van der Waals surface area contributed by atoms with E-state index in [2.05, 4.69) is 97.1 Å². The van der Waals surface area contributed by atoms with Crippen LogP contribution in [0.4, 0.5) is 0 Å². The van der Waals surface area contributed by atoms with Crippen molar-refractivity contribution < 1.29 is 10.2 Å². The first-order chi connectivity index (χ1) is 18.8. The van der Waals surface area contributed by atoms with Crippen LogP contribution in [0.3, 0.4) is 0 Å². The maximum Gasteiger partial charge on any atom is 0.121 e. The number of allylic oxidation sites excluding steroid dienone is 4. The van der Waals surface area contributed by atoms with E-state index in [4.69, 9.17) is 0 Å². The molecule has 0 aliphatic heterocycles. The average Bonchev–Trinajstić information content (AvgIpc) is 3.35. The Kier molecular flexibility index (Phi) is 4.96. The number of benzene rings is 5. The van der Waals surface area contributed by atoms with E-state index < -0.39 is 5.41 Å². The molecule has 2 heteroatoms. The number of fused-ring (bicyclic) bond motifs is 7. The standard InChI is InChI=1S/C37H30O2/c1-21-16-26(17-22(2)35(21)38)37(27-18-23(3)36(39)24(4)19-27)15-9-10-25-20-32-30-13-6-5-11-28(30)29-12-7-8-14-31(29)33(32)34(25)37/h5-20,38-39H,1-4H3. The molecular weight excluding hydrogens is 476 g/mol. The lowest BCUT2D eigenvalue weighted by Gasteiger charge is -2.38.